The molecule has 20 heavy (non-hydrogen) atoms. The van der Waals surface area contributed by atoms with Crippen LogP contribution in [0.25, 0.3) is 0 Å². The van der Waals surface area contributed by atoms with Crippen molar-refractivity contribution in [3.63, 3.8) is 0 Å². The van der Waals surface area contributed by atoms with E-state index in [1.54, 1.807) is 24.4 Å². The van der Waals surface area contributed by atoms with Gasteiger partial charge in [-0.2, -0.15) is 0 Å². The Morgan fingerprint density at radius 2 is 2.10 bits per heavy atom. The highest BCUT2D eigenvalue weighted by Crippen LogP contribution is 2.25. The maximum Gasteiger partial charge on any atom is 0.340 e. The normalized spacial score (nSPS) is 10.1. The van der Waals surface area contributed by atoms with Crippen LogP contribution >= 0.6 is 0 Å². The van der Waals surface area contributed by atoms with E-state index in [9.17, 15) is 4.79 Å². The fourth-order valence-electron chi connectivity index (χ4n) is 1.78. The molecule has 0 saturated carbocycles. The van der Waals surface area contributed by atoms with Crippen molar-refractivity contribution in [1.82, 2.24) is 4.98 Å². The number of carbonyl (C=O) groups excluding carboxylic acids is 1. The molecule has 0 aliphatic rings. The molecule has 1 aromatic carbocycles. The van der Waals surface area contributed by atoms with Crippen molar-refractivity contribution in [3.05, 3.63) is 53.3 Å². The molecular weight excluding hydrogens is 256 g/mol. The van der Waals surface area contributed by atoms with Crippen LogP contribution in [0.5, 0.6) is 5.75 Å². The second-order valence-corrected chi connectivity index (χ2v) is 4.26. The molecule has 5 nitrogen and oxygen atoms in total. The van der Waals surface area contributed by atoms with Gasteiger partial charge in [0.15, 0.2) is 0 Å². The number of methoxy groups -OCH3 is 1. The Balaban J connectivity index is 2.12. The fourth-order valence-corrected chi connectivity index (χ4v) is 1.78. The minimum atomic E-state index is -0.494. The molecule has 2 N–H and O–H groups in total. The Bertz CT molecular complexity index is 626. The molecule has 2 rings (SSSR count). The Kier molecular flexibility index (Phi) is 4.20. The zero-order valence-electron chi connectivity index (χ0n) is 11.4. The molecule has 0 bridgehead atoms. The minimum absolute atomic E-state index is 0.113. The number of hydrogen-bond donors (Lipinski definition) is 1. The molecule has 0 atom stereocenters. The molecule has 0 aliphatic carbocycles. The summed E-state index contributed by atoms with van der Waals surface area (Å²) in [4.78, 5) is 16.2. The Hall–Kier alpha value is -2.56. The van der Waals surface area contributed by atoms with Gasteiger partial charge in [-0.3, -0.25) is 4.98 Å². The second kappa shape index (κ2) is 6.06. The van der Waals surface area contributed by atoms with Crippen LogP contribution in [0, 0.1) is 6.92 Å². The quantitative estimate of drug-likeness (QED) is 0.683. The van der Waals surface area contributed by atoms with Crippen molar-refractivity contribution in [2.24, 2.45) is 0 Å². The molecule has 104 valence electrons. The zero-order valence-corrected chi connectivity index (χ0v) is 11.4. The summed E-state index contributed by atoms with van der Waals surface area (Å²) in [5.74, 6) is -0.0417. The van der Waals surface area contributed by atoms with E-state index >= 15 is 0 Å². The van der Waals surface area contributed by atoms with Crippen molar-refractivity contribution in [1.29, 1.82) is 0 Å². The van der Waals surface area contributed by atoms with Gasteiger partial charge in [-0.25, -0.2) is 4.79 Å². The van der Waals surface area contributed by atoms with E-state index in [0.29, 0.717) is 5.75 Å². The molecule has 0 spiro atoms. The van der Waals surface area contributed by atoms with Crippen molar-refractivity contribution in [2.45, 2.75) is 13.5 Å². The smallest absolute Gasteiger partial charge is 0.340 e. The SMILES string of the molecule is COc1cccc(C(=O)OCc2ncccc2C)c1N. The van der Waals surface area contributed by atoms with Gasteiger partial charge in [0.05, 0.1) is 24.1 Å². The highest BCUT2D eigenvalue weighted by molar-refractivity contribution is 5.96. The van der Waals surface area contributed by atoms with Gasteiger partial charge < -0.3 is 15.2 Å². The number of benzene rings is 1. The van der Waals surface area contributed by atoms with Crippen molar-refractivity contribution in [3.8, 4) is 5.75 Å². The van der Waals surface area contributed by atoms with Crippen molar-refractivity contribution < 1.29 is 14.3 Å². The lowest BCUT2D eigenvalue weighted by atomic mass is 10.1. The van der Waals surface area contributed by atoms with Crippen LogP contribution in [0.4, 0.5) is 5.69 Å². The first kappa shape index (κ1) is 13.9. The molecule has 0 saturated heterocycles. The first-order chi connectivity index (χ1) is 9.63. The third-order valence-corrected chi connectivity index (χ3v) is 2.96. The summed E-state index contributed by atoms with van der Waals surface area (Å²) in [5.41, 5.74) is 8.11. The van der Waals surface area contributed by atoms with E-state index in [0.717, 1.165) is 11.3 Å². The van der Waals surface area contributed by atoms with Crippen LogP contribution in [0.3, 0.4) is 0 Å². The van der Waals surface area contributed by atoms with E-state index in [1.165, 1.54) is 7.11 Å². The summed E-state index contributed by atoms with van der Waals surface area (Å²) in [7, 11) is 1.50. The predicted molar refractivity (Wildman–Crippen MR) is 75.5 cm³/mol. The Labute approximate surface area is 117 Å². The standard InChI is InChI=1S/C15H16N2O3/c1-10-5-4-8-17-12(10)9-20-15(18)11-6-3-7-13(19-2)14(11)16/h3-8H,9,16H2,1-2H3. The molecule has 0 aliphatic heterocycles. The molecule has 5 heteroatoms. The number of esters is 1. The summed E-state index contributed by atoms with van der Waals surface area (Å²) in [6.07, 6.45) is 1.66. The molecule has 0 unspecified atom stereocenters. The molecule has 1 aromatic heterocycles. The maximum atomic E-state index is 12.0. The van der Waals surface area contributed by atoms with Gasteiger partial charge in [0.25, 0.3) is 0 Å². The summed E-state index contributed by atoms with van der Waals surface area (Å²) in [6.45, 7) is 2.03. The largest absolute Gasteiger partial charge is 0.495 e. The van der Waals surface area contributed by atoms with Crippen LogP contribution in [-0.4, -0.2) is 18.1 Å². The molecule has 0 fully saturated rings. The molecule has 1 heterocycles. The Morgan fingerprint density at radius 1 is 1.30 bits per heavy atom. The number of para-hydroxylation sites is 1. The van der Waals surface area contributed by atoms with Crippen LogP contribution < -0.4 is 10.5 Å². The number of hydrogen-bond acceptors (Lipinski definition) is 5. The summed E-state index contributed by atoms with van der Waals surface area (Å²) >= 11 is 0. The fraction of sp³-hybridized carbons (Fsp3) is 0.200. The van der Waals surface area contributed by atoms with Gasteiger partial charge in [0.1, 0.15) is 12.4 Å². The van der Waals surface area contributed by atoms with Gasteiger partial charge >= 0.3 is 5.97 Å². The van der Waals surface area contributed by atoms with E-state index < -0.39 is 5.97 Å². The lowest BCUT2D eigenvalue weighted by Crippen LogP contribution is -2.10. The van der Waals surface area contributed by atoms with E-state index in [4.69, 9.17) is 15.2 Å². The van der Waals surface area contributed by atoms with Crippen LogP contribution in [-0.2, 0) is 11.3 Å². The number of pyridine rings is 1. The molecule has 0 amide bonds. The monoisotopic (exact) mass is 272 g/mol. The van der Waals surface area contributed by atoms with Crippen LogP contribution in [0.2, 0.25) is 0 Å². The average molecular weight is 272 g/mol. The van der Waals surface area contributed by atoms with Crippen molar-refractivity contribution >= 4 is 11.7 Å². The first-order valence-corrected chi connectivity index (χ1v) is 6.13. The third kappa shape index (κ3) is 2.88. The van der Waals surface area contributed by atoms with Gasteiger partial charge in [0.2, 0.25) is 0 Å². The lowest BCUT2D eigenvalue weighted by Gasteiger charge is -2.10. The molecule has 2 aromatic rings. The van der Waals surface area contributed by atoms with E-state index in [-0.39, 0.29) is 17.9 Å². The predicted octanol–water partition coefficient (Wildman–Crippen LogP) is 2.34. The summed E-state index contributed by atoms with van der Waals surface area (Å²) in [5, 5.41) is 0. The molecule has 0 radical (unpaired) electrons. The molecular formula is C15H16N2O3. The average Bonchev–Trinajstić information content (AvgIpc) is 2.46. The summed E-state index contributed by atoms with van der Waals surface area (Å²) in [6, 6.07) is 8.73. The van der Waals surface area contributed by atoms with Gasteiger partial charge in [-0.15, -0.1) is 0 Å². The third-order valence-electron chi connectivity index (χ3n) is 2.96. The number of rotatable bonds is 4. The number of nitrogens with zero attached hydrogens (tertiary/aromatic N) is 1. The highest BCUT2D eigenvalue weighted by atomic mass is 16.5. The summed E-state index contributed by atoms with van der Waals surface area (Å²) < 4.78 is 10.3. The Morgan fingerprint density at radius 3 is 2.80 bits per heavy atom. The van der Waals surface area contributed by atoms with Gasteiger partial charge in [0, 0.05) is 6.20 Å². The zero-order chi connectivity index (χ0) is 14.5. The number of aryl methyl sites for hydroxylation is 1. The first-order valence-electron chi connectivity index (χ1n) is 6.13. The van der Waals surface area contributed by atoms with E-state index in [2.05, 4.69) is 4.98 Å². The maximum absolute atomic E-state index is 12.0. The number of anilines is 1. The van der Waals surface area contributed by atoms with E-state index in [1.807, 2.05) is 19.1 Å². The van der Waals surface area contributed by atoms with Crippen molar-refractivity contribution in [2.75, 3.05) is 12.8 Å². The topological polar surface area (TPSA) is 74.4 Å². The number of aromatic nitrogens is 1. The minimum Gasteiger partial charge on any atom is -0.495 e. The van der Waals surface area contributed by atoms with Gasteiger partial charge in [-0.05, 0) is 30.7 Å². The van der Waals surface area contributed by atoms with Crippen LogP contribution in [0.15, 0.2) is 36.5 Å². The number of ether oxygens (including phenoxy) is 2. The van der Waals surface area contributed by atoms with Gasteiger partial charge in [-0.1, -0.05) is 12.1 Å². The van der Waals surface area contributed by atoms with Crippen LogP contribution in [0.1, 0.15) is 21.6 Å². The highest BCUT2D eigenvalue weighted by Gasteiger charge is 2.15. The lowest BCUT2D eigenvalue weighted by molar-refractivity contribution is 0.0468. The second-order valence-electron chi connectivity index (χ2n) is 4.26. The number of nitrogen functional groups attached to an aromatic ring is 1. The number of nitrogens with two attached hydrogens (primary N) is 1. The number of carbonyl (C=O) groups is 1.